The van der Waals surface area contributed by atoms with Crippen LogP contribution in [0, 0.1) is 5.41 Å². The van der Waals surface area contributed by atoms with Crippen LogP contribution in [0.2, 0.25) is 0 Å². The summed E-state index contributed by atoms with van der Waals surface area (Å²) in [5.74, 6) is -2.53. The number of rotatable bonds is 5. The van der Waals surface area contributed by atoms with E-state index in [0.717, 1.165) is 0 Å². The molecule has 0 aliphatic heterocycles. The molecule has 12 heavy (non-hydrogen) atoms. The average molecular weight is 175 g/mol. The minimum absolute atomic E-state index is 0.495. The number of hydrogen-bond acceptors (Lipinski definition) is 4. The fraction of sp³-hybridized carbons (Fsp3) is 0.500. The zero-order valence-corrected chi connectivity index (χ0v) is 6.15. The molecule has 0 aliphatic carbocycles. The van der Waals surface area contributed by atoms with E-state index < -0.39 is 36.6 Å². The molecular weight excluding hydrogens is 166 g/mol. The van der Waals surface area contributed by atoms with Gasteiger partial charge in [-0.25, -0.2) is 0 Å². The standard InChI is InChI=1S/C6H9NO5/c7-3(1-5(9)10)4(8)2-6(11)12/h4,7-8H,1-2H2,(H,9,10)(H,11,12). The van der Waals surface area contributed by atoms with Gasteiger partial charge in [0.2, 0.25) is 0 Å². The fourth-order valence-electron chi connectivity index (χ4n) is 0.569. The van der Waals surface area contributed by atoms with Gasteiger partial charge >= 0.3 is 11.9 Å². The molecule has 0 saturated heterocycles. The first-order chi connectivity index (χ1) is 5.43. The third kappa shape index (κ3) is 4.40. The SMILES string of the molecule is N=C(CC(=O)O)C(O)CC(=O)O. The van der Waals surface area contributed by atoms with Crippen molar-refractivity contribution < 1.29 is 24.9 Å². The van der Waals surface area contributed by atoms with Crippen molar-refractivity contribution in [1.29, 1.82) is 5.41 Å². The van der Waals surface area contributed by atoms with Crippen molar-refractivity contribution in [3.63, 3.8) is 0 Å². The molecule has 1 atom stereocenters. The van der Waals surface area contributed by atoms with Crippen LogP contribution < -0.4 is 0 Å². The first-order valence-corrected chi connectivity index (χ1v) is 3.12. The Kier molecular flexibility index (Phi) is 3.92. The molecule has 0 radical (unpaired) electrons. The Hall–Kier alpha value is -1.43. The number of carbonyl (C=O) groups is 2. The second kappa shape index (κ2) is 4.45. The van der Waals surface area contributed by atoms with Crippen molar-refractivity contribution in [2.75, 3.05) is 0 Å². The summed E-state index contributed by atoms with van der Waals surface area (Å²) in [6, 6.07) is 0. The molecular formula is C6H9NO5. The number of nitrogens with one attached hydrogen (secondary N) is 1. The molecule has 0 spiro atoms. The minimum Gasteiger partial charge on any atom is -0.481 e. The maximum Gasteiger partial charge on any atom is 0.309 e. The summed E-state index contributed by atoms with van der Waals surface area (Å²) in [4.78, 5) is 20.0. The second-order valence-corrected chi connectivity index (χ2v) is 2.21. The monoisotopic (exact) mass is 175 g/mol. The highest BCUT2D eigenvalue weighted by molar-refractivity contribution is 6.00. The highest BCUT2D eigenvalue weighted by Gasteiger charge is 2.16. The lowest BCUT2D eigenvalue weighted by atomic mass is 10.1. The molecule has 0 aromatic carbocycles. The lowest BCUT2D eigenvalue weighted by Crippen LogP contribution is -2.25. The van der Waals surface area contributed by atoms with E-state index in [1.807, 2.05) is 0 Å². The van der Waals surface area contributed by atoms with Gasteiger partial charge in [0.25, 0.3) is 0 Å². The van der Waals surface area contributed by atoms with E-state index in [1.54, 1.807) is 0 Å². The molecule has 0 saturated carbocycles. The van der Waals surface area contributed by atoms with Gasteiger partial charge in [0.05, 0.1) is 12.8 Å². The van der Waals surface area contributed by atoms with Crippen molar-refractivity contribution in [3.05, 3.63) is 0 Å². The average Bonchev–Trinajstić information content (AvgIpc) is 1.84. The van der Waals surface area contributed by atoms with Crippen LogP contribution >= 0.6 is 0 Å². The molecule has 68 valence electrons. The van der Waals surface area contributed by atoms with Gasteiger partial charge in [0.1, 0.15) is 6.10 Å². The third-order valence-corrected chi connectivity index (χ3v) is 1.11. The van der Waals surface area contributed by atoms with Gasteiger partial charge in [0.15, 0.2) is 0 Å². The van der Waals surface area contributed by atoms with Crippen molar-refractivity contribution in [1.82, 2.24) is 0 Å². The Bertz CT molecular complexity index is 212. The van der Waals surface area contributed by atoms with E-state index in [2.05, 4.69) is 0 Å². The summed E-state index contributed by atoms with van der Waals surface area (Å²) in [7, 11) is 0. The Morgan fingerprint density at radius 3 is 2.08 bits per heavy atom. The van der Waals surface area contributed by atoms with Crippen molar-refractivity contribution in [2.45, 2.75) is 18.9 Å². The van der Waals surface area contributed by atoms with Crippen molar-refractivity contribution in [2.24, 2.45) is 0 Å². The first kappa shape index (κ1) is 10.6. The molecule has 6 nitrogen and oxygen atoms in total. The molecule has 6 heteroatoms. The highest BCUT2D eigenvalue weighted by Crippen LogP contribution is 1.97. The van der Waals surface area contributed by atoms with Crippen LogP contribution in [-0.2, 0) is 9.59 Å². The van der Waals surface area contributed by atoms with E-state index in [0.29, 0.717) is 0 Å². The molecule has 0 aromatic rings. The molecule has 0 aromatic heterocycles. The second-order valence-electron chi connectivity index (χ2n) is 2.21. The Morgan fingerprint density at radius 1 is 1.25 bits per heavy atom. The molecule has 4 N–H and O–H groups in total. The van der Waals surface area contributed by atoms with Gasteiger partial charge in [-0.05, 0) is 0 Å². The number of hydrogen-bond donors (Lipinski definition) is 4. The largest absolute Gasteiger partial charge is 0.481 e. The molecule has 0 fully saturated rings. The summed E-state index contributed by atoms with van der Waals surface area (Å²) >= 11 is 0. The lowest BCUT2D eigenvalue weighted by molar-refractivity contribution is -0.139. The van der Waals surface area contributed by atoms with Gasteiger partial charge in [-0.15, -0.1) is 0 Å². The topological polar surface area (TPSA) is 119 Å². The van der Waals surface area contributed by atoms with Crippen LogP contribution in [0.4, 0.5) is 0 Å². The molecule has 0 rings (SSSR count). The number of aliphatic hydroxyl groups excluding tert-OH is 1. The van der Waals surface area contributed by atoms with E-state index in [4.69, 9.17) is 20.7 Å². The van der Waals surface area contributed by atoms with E-state index >= 15 is 0 Å². The van der Waals surface area contributed by atoms with Gasteiger partial charge in [-0.3, -0.25) is 9.59 Å². The molecule has 0 amide bonds. The first-order valence-electron chi connectivity index (χ1n) is 3.12. The van der Waals surface area contributed by atoms with Crippen LogP contribution in [0.25, 0.3) is 0 Å². The summed E-state index contributed by atoms with van der Waals surface area (Å²) in [6.07, 6.45) is -2.76. The molecule has 0 bridgehead atoms. The van der Waals surface area contributed by atoms with E-state index in [1.165, 1.54) is 0 Å². The Labute approximate surface area is 68.0 Å². The van der Waals surface area contributed by atoms with Gasteiger partial charge < -0.3 is 20.7 Å². The van der Waals surface area contributed by atoms with Crippen molar-refractivity contribution in [3.8, 4) is 0 Å². The Balaban J connectivity index is 3.93. The fourth-order valence-corrected chi connectivity index (χ4v) is 0.569. The zero-order chi connectivity index (χ0) is 9.72. The van der Waals surface area contributed by atoms with Gasteiger partial charge in [-0.2, -0.15) is 0 Å². The molecule has 0 heterocycles. The number of aliphatic hydroxyl groups is 1. The van der Waals surface area contributed by atoms with Crippen LogP contribution in [-0.4, -0.2) is 39.1 Å². The smallest absolute Gasteiger partial charge is 0.309 e. The summed E-state index contributed by atoms with van der Waals surface area (Å²) in [5.41, 5.74) is -0.495. The zero-order valence-electron chi connectivity index (χ0n) is 6.15. The predicted octanol–water partition coefficient (Wildman–Crippen LogP) is -0.684. The number of aliphatic carboxylic acids is 2. The predicted molar refractivity (Wildman–Crippen MR) is 38.2 cm³/mol. The van der Waals surface area contributed by atoms with Crippen LogP contribution in [0.3, 0.4) is 0 Å². The van der Waals surface area contributed by atoms with Crippen LogP contribution in [0.5, 0.6) is 0 Å². The quantitative estimate of drug-likeness (QED) is 0.412. The molecule has 1 unspecified atom stereocenters. The summed E-state index contributed by atoms with van der Waals surface area (Å²) in [5, 5.41) is 32.1. The number of carboxylic acids is 2. The molecule has 0 aliphatic rings. The maximum absolute atomic E-state index is 10.0. The summed E-state index contributed by atoms with van der Waals surface area (Å²) < 4.78 is 0. The Morgan fingerprint density at radius 2 is 1.75 bits per heavy atom. The van der Waals surface area contributed by atoms with Crippen molar-refractivity contribution >= 4 is 17.7 Å². The number of carboxylic acid groups (broad SMARTS) is 2. The van der Waals surface area contributed by atoms with Gasteiger partial charge in [-0.1, -0.05) is 0 Å². The van der Waals surface area contributed by atoms with E-state index in [9.17, 15) is 9.59 Å². The maximum atomic E-state index is 10.0. The third-order valence-electron chi connectivity index (χ3n) is 1.11. The van der Waals surface area contributed by atoms with Crippen LogP contribution in [0.1, 0.15) is 12.8 Å². The van der Waals surface area contributed by atoms with Crippen LogP contribution in [0.15, 0.2) is 0 Å². The summed E-state index contributed by atoms with van der Waals surface area (Å²) in [6.45, 7) is 0. The lowest BCUT2D eigenvalue weighted by Gasteiger charge is -2.06. The highest BCUT2D eigenvalue weighted by atomic mass is 16.4. The minimum atomic E-state index is -1.50. The van der Waals surface area contributed by atoms with E-state index in [-0.39, 0.29) is 0 Å². The normalized spacial score (nSPS) is 12.1. The van der Waals surface area contributed by atoms with Gasteiger partial charge in [0, 0.05) is 5.71 Å².